The molecule has 1 aromatic carbocycles. The minimum absolute atomic E-state index is 0.0167. The molecule has 0 amide bonds. The number of aromatic nitrogens is 1. The van der Waals surface area contributed by atoms with Gasteiger partial charge in [0.1, 0.15) is 5.75 Å². The van der Waals surface area contributed by atoms with Crippen molar-refractivity contribution in [3.8, 4) is 17.0 Å². The smallest absolute Gasteiger partial charge is 0.252 e. The number of benzene rings is 1. The van der Waals surface area contributed by atoms with E-state index in [1.165, 1.54) is 32.1 Å². The van der Waals surface area contributed by atoms with Crippen LogP contribution in [-0.4, -0.2) is 54.1 Å². The number of hydrogen-bond acceptors (Lipinski definition) is 4. The largest absolute Gasteiger partial charge is 0.497 e. The van der Waals surface area contributed by atoms with E-state index in [1.54, 1.807) is 7.11 Å². The highest BCUT2D eigenvalue weighted by atomic mass is 16.5. The van der Waals surface area contributed by atoms with Crippen molar-refractivity contribution < 1.29 is 4.74 Å². The Hall–Kier alpha value is -2.11. The van der Waals surface area contributed by atoms with Gasteiger partial charge in [-0.3, -0.25) is 14.6 Å². The molecule has 2 heterocycles. The number of pyridine rings is 1. The van der Waals surface area contributed by atoms with Gasteiger partial charge in [0.25, 0.3) is 5.56 Å². The van der Waals surface area contributed by atoms with Crippen LogP contribution in [0.3, 0.4) is 0 Å². The van der Waals surface area contributed by atoms with E-state index in [9.17, 15) is 4.79 Å². The second kappa shape index (κ2) is 8.93. The molecule has 0 radical (unpaired) electrons. The number of H-pyrrole nitrogens is 1. The van der Waals surface area contributed by atoms with Crippen molar-refractivity contribution >= 4 is 0 Å². The molecule has 1 aliphatic carbocycles. The van der Waals surface area contributed by atoms with Crippen LogP contribution in [0.4, 0.5) is 0 Å². The van der Waals surface area contributed by atoms with Crippen LogP contribution in [0.25, 0.3) is 11.3 Å². The summed E-state index contributed by atoms with van der Waals surface area (Å²) in [6.45, 7) is 5.10. The van der Waals surface area contributed by atoms with Crippen LogP contribution >= 0.6 is 0 Å². The summed E-state index contributed by atoms with van der Waals surface area (Å²) >= 11 is 0. The van der Waals surface area contributed by atoms with E-state index in [0.29, 0.717) is 0 Å². The molecule has 0 atom stereocenters. The number of hydrogen-bond donors (Lipinski definition) is 1. The molecule has 5 heteroatoms. The van der Waals surface area contributed by atoms with E-state index in [4.69, 9.17) is 4.74 Å². The standard InChI is InChI=1S/C23H31N3O2/c1-28-21-10-7-18(8-11-21)22-12-9-19(23(27)24-22)17-25-13-15-26(16-14-25)20-5-3-2-4-6-20/h7-12,20H,2-6,13-17H2,1H3,(H,24,27). The SMILES string of the molecule is COc1ccc(-c2ccc(CN3CCN(C4CCCCC4)CC3)c(=O)[nH]2)cc1. The average molecular weight is 382 g/mol. The molecule has 1 aliphatic heterocycles. The molecule has 0 spiro atoms. The second-order valence-electron chi connectivity index (χ2n) is 8.06. The summed E-state index contributed by atoms with van der Waals surface area (Å²) in [7, 11) is 1.65. The van der Waals surface area contributed by atoms with E-state index >= 15 is 0 Å². The first kappa shape index (κ1) is 19.2. The van der Waals surface area contributed by atoms with Crippen molar-refractivity contribution in [2.75, 3.05) is 33.3 Å². The lowest BCUT2D eigenvalue weighted by molar-refractivity contribution is 0.0753. The maximum atomic E-state index is 12.6. The third kappa shape index (κ3) is 4.47. The topological polar surface area (TPSA) is 48.6 Å². The number of piperazine rings is 1. The maximum absolute atomic E-state index is 12.6. The Morgan fingerprint density at radius 3 is 2.32 bits per heavy atom. The first-order valence-corrected chi connectivity index (χ1v) is 10.6. The Bertz CT molecular complexity index is 816. The first-order valence-electron chi connectivity index (χ1n) is 10.6. The Morgan fingerprint density at radius 2 is 1.68 bits per heavy atom. The van der Waals surface area contributed by atoms with Crippen molar-refractivity contribution in [1.29, 1.82) is 0 Å². The number of nitrogens with zero attached hydrogens (tertiary/aromatic N) is 2. The summed E-state index contributed by atoms with van der Waals surface area (Å²) in [6, 6.07) is 12.5. The molecule has 1 saturated heterocycles. The number of nitrogens with one attached hydrogen (secondary N) is 1. The third-order valence-corrected chi connectivity index (χ3v) is 6.28. The van der Waals surface area contributed by atoms with Gasteiger partial charge < -0.3 is 9.72 Å². The van der Waals surface area contributed by atoms with Crippen LogP contribution in [0.15, 0.2) is 41.2 Å². The van der Waals surface area contributed by atoms with E-state index in [0.717, 1.165) is 61.3 Å². The molecule has 150 valence electrons. The molecule has 2 fully saturated rings. The highest BCUT2D eigenvalue weighted by Gasteiger charge is 2.25. The van der Waals surface area contributed by atoms with Crippen molar-refractivity contribution in [1.82, 2.24) is 14.8 Å². The summed E-state index contributed by atoms with van der Waals surface area (Å²) in [4.78, 5) is 20.7. The van der Waals surface area contributed by atoms with Crippen LogP contribution in [0.2, 0.25) is 0 Å². The minimum Gasteiger partial charge on any atom is -0.497 e. The van der Waals surface area contributed by atoms with E-state index in [-0.39, 0.29) is 5.56 Å². The summed E-state index contributed by atoms with van der Waals surface area (Å²) < 4.78 is 5.20. The fourth-order valence-electron chi connectivity index (χ4n) is 4.54. The van der Waals surface area contributed by atoms with Crippen LogP contribution in [0.5, 0.6) is 5.75 Å². The zero-order valence-corrected chi connectivity index (χ0v) is 16.8. The number of methoxy groups -OCH3 is 1. The lowest BCUT2D eigenvalue weighted by Crippen LogP contribution is -2.50. The lowest BCUT2D eigenvalue weighted by Gasteiger charge is -2.40. The fourth-order valence-corrected chi connectivity index (χ4v) is 4.54. The van der Waals surface area contributed by atoms with Crippen molar-refractivity contribution in [2.24, 2.45) is 0 Å². The molecule has 28 heavy (non-hydrogen) atoms. The quantitative estimate of drug-likeness (QED) is 0.861. The van der Waals surface area contributed by atoms with E-state index in [2.05, 4.69) is 14.8 Å². The molecule has 4 rings (SSSR count). The molecular weight excluding hydrogens is 350 g/mol. The second-order valence-corrected chi connectivity index (χ2v) is 8.06. The molecule has 5 nitrogen and oxygen atoms in total. The molecule has 1 N–H and O–H groups in total. The maximum Gasteiger partial charge on any atom is 0.252 e. The van der Waals surface area contributed by atoms with Gasteiger partial charge >= 0.3 is 0 Å². The van der Waals surface area contributed by atoms with Gasteiger partial charge in [0.15, 0.2) is 0 Å². The van der Waals surface area contributed by atoms with Gasteiger partial charge in [0, 0.05) is 50.0 Å². The van der Waals surface area contributed by atoms with Crippen LogP contribution < -0.4 is 10.3 Å². The molecule has 1 aromatic heterocycles. The lowest BCUT2D eigenvalue weighted by atomic mass is 9.94. The van der Waals surface area contributed by atoms with Crippen LogP contribution in [-0.2, 0) is 6.54 Å². The Balaban J connectivity index is 1.35. The Morgan fingerprint density at radius 1 is 0.964 bits per heavy atom. The average Bonchev–Trinajstić information content (AvgIpc) is 2.76. The number of rotatable bonds is 5. The molecular formula is C23H31N3O2. The minimum atomic E-state index is 0.0167. The highest BCUT2D eigenvalue weighted by molar-refractivity contribution is 5.60. The number of ether oxygens (including phenoxy) is 1. The van der Waals surface area contributed by atoms with Crippen molar-refractivity contribution in [3.63, 3.8) is 0 Å². The molecule has 2 aromatic rings. The normalized spacial score (nSPS) is 19.6. The Kier molecular flexibility index (Phi) is 6.13. The van der Waals surface area contributed by atoms with Gasteiger partial charge in [-0.25, -0.2) is 0 Å². The highest BCUT2D eigenvalue weighted by Crippen LogP contribution is 2.24. The van der Waals surface area contributed by atoms with Gasteiger partial charge in [0.05, 0.1) is 7.11 Å². The zero-order valence-electron chi connectivity index (χ0n) is 16.8. The van der Waals surface area contributed by atoms with Crippen LogP contribution in [0, 0.1) is 0 Å². The van der Waals surface area contributed by atoms with Crippen LogP contribution in [0.1, 0.15) is 37.7 Å². The van der Waals surface area contributed by atoms with Gasteiger partial charge in [-0.15, -0.1) is 0 Å². The summed E-state index contributed by atoms with van der Waals surface area (Å²) in [5.74, 6) is 0.815. The van der Waals surface area contributed by atoms with Crippen molar-refractivity contribution in [3.05, 3.63) is 52.3 Å². The zero-order chi connectivity index (χ0) is 19.3. The summed E-state index contributed by atoms with van der Waals surface area (Å²) in [5, 5.41) is 0. The molecule has 2 aliphatic rings. The molecule has 0 unspecified atom stereocenters. The van der Waals surface area contributed by atoms with Gasteiger partial charge in [-0.1, -0.05) is 25.3 Å². The monoisotopic (exact) mass is 381 g/mol. The molecule has 1 saturated carbocycles. The van der Waals surface area contributed by atoms with Gasteiger partial charge in [0.2, 0.25) is 0 Å². The predicted molar refractivity (Wildman–Crippen MR) is 113 cm³/mol. The Labute approximate surface area is 167 Å². The van der Waals surface area contributed by atoms with Gasteiger partial charge in [-0.05, 0) is 48.7 Å². The molecule has 0 bridgehead atoms. The third-order valence-electron chi connectivity index (χ3n) is 6.28. The van der Waals surface area contributed by atoms with Crippen molar-refractivity contribution in [2.45, 2.75) is 44.7 Å². The summed E-state index contributed by atoms with van der Waals surface area (Å²) in [5.41, 5.74) is 2.70. The fraction of sp³-hybridized carbons (Fsp3) is 0.522. The first-order chi connectivity index (χ1) is 13.7. The summed E-state index contributed by atoms with van der Waals surface area (Å²) in [6.07, 6.45) is 6.92. The van der Waals surface area contributed by atoms with Gasteiger partial charge in [-0.2, -0.15) is 0 Å². The number of aromatic amines is 1. The van der Waals surface area contributed by atoms with E-state index in [1.807, 2.05) is 36.4 Å². The predicted octanol–water partition coefficient (Wildman–Crippen LogP) is 3.50. The van der Waals surface area contributed by atoms with E-state index < -0.39 is 0 Å².